The van der Waals surface area contributed by atoms with Crippen molar-refractivity contribution in [1.82, 2.24) is 5.32 Å². The average Bonchev–Trinajstić information content (AvgIpc) is 2.27. The fourth-order valence-corrected chi connectivity index (χ4v) is 3.10. The molecule has 0 aromatic heterocycles. The van der Waals surface area contributed by atoms with Crippen molar-refractivity contribution in [2.24, 2.45) is 11.8 Å². The van der Waals surface area contributed by atoms with Crippen molar-refractivity contribution in [2.45, 2.75) is 58.4 Å². The van der Waals surface area contributed by atoms with Crippen molar-refractivity contribution in [3.05, 3.63) is 11.8 Å². The zero-order valence-electron chi connectivity index (χ0n) is 11.8. The topological polar surface area (TPSA) is 38.3 Å². The van der Waals surface area contributed by atoms with E-state index in [0.29, 0.717) is 12.5 Å². The molecule has 1 amide bonds. The van der Waals surface area contributed by atoms with Crippen LogP contribution >= 0.6 is 0 Å². The van der Waals surface area contributed by atoms with Crippen molar-refractivity contribution >= 4 is 5.91 Å². The minimum Gasteiger partial charge on any atom is -0.498 e. The van der Waals surface area contributed by atoms with Crippen LogP contribution in [0.1, 0.15) is 52.9 Å². The van der Waals surface area contributed by atoms with Crippen LogP contribution in [0.15, 0.2) is 11.8 Å². The zero-order valence-corrected chi connectivity index (χ0v) is 11.8. The van der Waals surface area contributed by atoms with Crippen LogP contribution < -0.4 is 5.32 Å². The molecule has 2 aliphatic rings. The third kappa shape index (κ3) is 3.06. The summed E-state index contributed by atoms with van der Waals surface area (Å²) in [6.07, 6.45) is 7.43. The van der Waals surface area contributed by atoms with E-state index < -0.39 is 0 Å². The van der Waals surface area contributed by atoms with Crippen LogP contribution in [0.4, 0.5) is 0 Å². The minimum atomic E-state index is -0.178. The highest BCUT2D eigenvalue weighted by atomic mass is 16.5. The lowest BCUT2D eigenvalue weighted by Gasteiger charge is -2.38. The van der Waals surface area contributed by atoms with Gasteiger partial charge in [0.2, 0.25) is 5.91 Å². The van der Waals surface area contributed by atoms with Gasteiger partial charge in [-0.3, -0.25) is 4.79 Å². The fourth-order valence-electron chi connectivity index (χ4n) is 3.10. The lowest BCUT2D eigenvalue weighted by molar-refractivity contribution is -0.128. The molecule has 0 aliphatic heterocycles. The van der Waals surface area contributed by atoms with Gasteiger partial charge in [0.05, 0.1) is 17.9 Å². The van der Waals surface area contributed by atoms with Crippen LogP contribution in [0.3, 0.4) is 0 Å². The molecule has 1 fully saturated rings. The van der Waals surface area contributed by atoms with E-state index >= 15 is 0 Å². The molecule has 3 atom stereocenters. The maximum Gasteiger partial charge on any atom is 0.223 e. The monoisotopic (exact) mass is 251 g/mol. The molecule has 1 N–H and O–H groups in total. The second-order valence-corrected chi connectivity index (χ2v) is 6.10. The molecule has 0 bridgehead atoms. The Morgan fingerprint density at radius 1 is 1.56 bits per heavy atom. The number of hydrogen-bond acceptors (Lipinski definition) is 2. The number of rotatable bonds is 4. The molecular formula is C15H25NO2. The molecule has 18 heavy (non-hydrogen) atoms. The number of carbonyl (C=O) groups excluding carboxylic acids is 1. The van der Waals surface area contributed by atoms with Gasteiger partial charge in [0.1, 0.15) is 0 Å². The highest BCUT2D eigenvalue weighted by Crippen LogP contribution is 2.33. The summed E-state index contributed by atoms with van der Waals surface area (Å²) in [6, 6.07) is 0. The molecule has 0 heterocycles. The summed E-state index contributed by atoms with van der Waals surface area (Å²) in [5.74, 6) is 2.15. The molecule has 0 saturated heterocycles. The Hall–Kier alpha value is -0.990. The molecule has 0 aromatic carbocycles. The normalized spacial score (nSPS) is 35.4. The van der Waals surface area contributed by atoms with E-state index in [1.54, 1.807) is 0 Å². The Morgan fingerprint density at radius 2 is 2.28 bits per heavy atom. The van der Waals surface area contributed by atoms with Crippen molar-refractivity contribution in [1.29, 1.82) is 0 Å². The van der Waals surface area contributed by atoms with E-state index in [9.17, 15) is 4.79 Å². The van der Waals surface area contributed by atoms with Crippen molar-refractivity contribution in [2.75, 3.05) is 6.61 Å². The molecule has 2 rings (SSSR count). The lowest BCUT2D eigenvalue weighted by Crippen LogP contribution is -2.51. The molecule has 1 saturated carbocycles. The van der Waals surface area contributed by atoms with Crippen molar-refractivity contribution in [3.63, 3.8) is 0 Å². The van der Waals surface area contributed by atoms with E-state index in [4.69, 9.17) is 4.74 Å². The first-order valence-corrected chi connectivity index (χ1v) is 7.19. The van der Waals surface area contributed by atoms with Gasteiger partial charge in [0.15, 0.2) is 0 Å². The second-order valence-electron chi connectivity index (χ2n) is 6.10. The van der Waals surface area contributed by atoms with Crippen molar-refractivity contribution in [3.8, 4) is 0 Å². The molecule has 3 unspecified atom stereocenters. The van der Waals surface area contributed by atoms with Crippen LogP contribution in [0.2, 0.25) is 0 Å². The lowest BCUT2D eigenvalue weighted by atomic mass is 9.80. The van der Waals surface area contributed by atoms with Gasteiger partial charge >= 0.3 is 0 Å². The second kappa shape index (κ2) is 5.33. The van der Waals surface area contributed by atoms with Gasteiger partial charge in [-0.05, 0) is 38.7 Å². The Bertz CT molecular complexity index is 350. The number of ether oxygens (including phenoxy) is 1. The Labute approximate surface area is 110 Å². The van der Waals surface area contributed by atoms with Crippen LogP contribution in [0.25, 0.3) is 0 Å². The summed E-state index contributed by atoms with van der Waals surface area (Å²) in [4.78, 5) is 12.2. The largest absolute Gasteiger partial charge is 0.498 e. The van der Waals surface area contributed by atoms with Gasteiger partial charge in [-0.2, -0.15) is 0 Å². The molecule has 0 spiro atoms. The van der Waals surface area contributed by atoms with Gasteiger partial charge in [-0.25, -0.2) is 0 Å². The average molecular weight is 251 g/mol. The summed E-state index contributed by atoms with van der Waals surface area (Å²) < 4.78 is 5.43. The van der Waals surface area contributed by atoms with Crippen molar-refractivity contribution < 1.29 is 9.53 Å². The fraction of sp³-hybridized carbons (Fsp3) is 0.800. The smallest absolute Gasteiger partial charge is 0.223 e. The Kier molecular flexibility index (Phi) is 3.98. The Balaban J connectivity index is 1.85. The number of carbonyl (C=O) groups is 1. The number of amides is 1. The van der Waals surface area contributed by atoms with Gasteiger partial charge in [-0.15, -0.1) is 0 Å². The van der Waals surface area contributed by atoms with E-state index in [1.165, 1.54) is 12.8 Å². The van der Waals surface area contributed by atoms with Crippen LogP contribution in [-0.2, 0) is 9.53 Å². The predicted molar refractivity (Wildman–Crippen MR) is 72.0 cm³/mol. The number of hydrogen-bond donors (Lipinski definition) is 1. The van der Waals surface area contributed by atoms with Crippen LogP contribution in [0.5, 0.6) is 0 Å². The summed E-state index contributed by atoms with van der Waals surface area (Å²) in [7, 11) is 0. The van der Waals surface area contributed by atoms with Gasteiger partial charge in [0, 0.05) is 12.3 Å². The van der Waals surface area contributed by atoms with Gasteiger partial charge in [0.25, 0.3) is 0 Å². The first-order chi connectivity index (χ1) is 8.52. The molecule has 3 nitrogen and oxygen atoms in total. The van der Waals surface area contributed by atoms with Crippen LogP contribution in [0, 0.1) is 11.8 Å². The van der Waals surface area contributed by atoms with Crippen LogP contribution in [-0.4, -0.2) is 18.1 Å². The van der Waals surface area contributed by atoms with Gasteiger partial charge in [-0.1, -0.05) is 19.8 Å². The van der Waals surface area contributed by atoms with Gasteiger partial charge < -0.3 is 10.1 Å². The van der Waals surface area contributed by atoms with E-state index in [-0.39, 0.29) is 17.4 Å². The summed E-state index contributed by atoms with van der Waals surface area (Å²) >= 11 is 0. The maximum absolute atomic E-state index is 12.2. The SMILES string of the molecule is CCOC1=CC(C)(NC(=O)C2CCCC(C)C2)C1. The Morgan fingerprint density at radius 3 is 2.89 bits per heavy atom. The first kappa shape index (κ1) is 13.4. The minimum absolute atomic E-state index is 0.178. The molecular weight excluding hydrogens is 226 g/mol. The van der Waals surface area contributed by atoms with E-state index in [1.807, 2.05) is 13.0 Å². The molecule has 0 aromatic rings. The third-order valence-corrected chi connectivity index (χ3v) is 4.07. The molecule has 102 valence electrons. The molecule has 3 heteroatoms. The summed E-state index contributed by atoms with van der Waals surface area (Å²) in [5.41, 5.74) is -0.178. The quantitative estimate of drug-likeness (QED) is 0.834. The summed E-state index contributed by atoms with van der Waals surface area (Å²) in [5, 5.41) is 3.18. The number of nitrogens with one attached hydrogen (secondary N) is 1. The predicted octanol–water partition coefficient (Wildman–Crippen LogP) is 3.01. The maximum atomic E-state index is 12.2. The zero-order chi connectivity index (χ0) is 13.2. The molecule has 2 aliphatic carbocycles. The standard InChI is InChI=1S/C15H25NO2/c1-4-18-13-9-15(3,10-13)16-14(17)12-7-5-6-11(2)8-12/h9,11-12H,4-8,10H2,1-3H3,(H,16,17). The molecule has 0 radical (unpaired) electrons. The highest BCUT2D eigenvalue weighted by molar-refractivity contribution is 5.80. The third-order valence-electron chi connectivity index (χ3n) is 4.07. The highest BCUT2D eigenvalue weighted by Gasteiger charge is 2.37. The summed E-state index contributed by atoms with van der Waals surface area (Å²) in [6.45, 7) is 7.01. The van der Waals surface area contributed by atoms with E-state index in [0.717, 1.165) is 25.0 Å². The van der Waals surface area contributed by atoms with E-state index in [2.05, 4.69) is 19.2 Å². The first-order valence-electron chi connectivity index (χ1n) is 7.19.